The molecule has 0 aromatic heterocycles. The van der Waals surface area contributed by atoms with Crippen molar-refractivity contribution >= 4 is 63.4 Å². The predicted octanol–water partition coefficient (Wildman–Crippen LogP) is 7.34. The minimum atomic E-state index is -1.02. The number of nitriles is 1. The Morgan fingerprint density at radius 3 is 2.39 bits per heavy atom. The number of aromatic carboxylic acids is 1. The Hall–Kier alpha value is -2.73. The van der Waals surface area contributed by atoms with Gasteiger partial charge in [0.1, 0.15) is 6.61 Å². The highest BCUT2D eigenvalue weighted by Crippen LogP contribution is 2.36. The number of hydrogen-bond donors (Lipinski definition) is 1. The summed E-state index contributed by atoms with van der Waals surface area (Å²) >= 11 is 14.4. The summed E-state index contributed by atoms with van der Waals surface area (Å²) in [5.74, 6) is 0.0969. The molecule has 0 aliphatic heterocycles. The summed E-state index contributed by atoms with van der Waals surface area (Å²) in [6.07, 6.45) is 1.72. The second kappa shape index (κ2) is 11.4. The number of hydrogen-bond acceptors (Lipinski definition) is 4. The standard InChI is InChI=1S/C25H18Cl2INO4/c1-2-32-23-11-15(9-19(13-29)16-3-5-17(6-4-16)25(30)31)10-22(28)24(23)33-14-18-7-8-20(26)12-21(18)27/h3-12H,2,14H2,1H3,(H,30,31)/b19-9-. The van der Waals surface area contributed by atoms with Crippen LogP contribution < -0.4 is 9.47 Å². The number of halogens is 3. The first-order valence-corrected chi connectivity index (χ1v) is 11.6. The van der Waals surface area contributed by atoms with E-state index in [1.165, 1.54) is 12.1 Å². The van der Waals surface area contributed by atoms with Crippen LogP contribution in [0.15, 0.2) is 54.6 Å². The monoisotopic (exact) mass is 593 g/mol. The normalized spacial score (nSPS) is 11.1. The Kier molecular flexibility index (Phi) is 8.61. The van der Waals surface area contributed by atoms with Crippen molar-refractivity contribution in [2.24, 2.45) is 0 Å². The maximum atomic E-state index is 11.1. The minimum absolute atomic E-state index is 0.159. The van der Waals surface area contributed by atoms with Gasteiger partial charge in [0.25, 0.3) is 0 Å². The topological polar surface area (TPSA) is 79.5 Å². The van der Waals surface area contributed by atoms with E-state index in [-0.39, 0.29) is 12.2 Å². The first-order chi connectivity index (χ1) is 15.8. The second-order valence-corrected chi connectivity index (χ2v) is 8.85. The van der Waals surface area contributed by atoms with E-state index in [0.29, 0.717) is 39.3 Å². The van der Waals surface area contributed by atoms with Gasteiger partial charge in [-0.1, -0.05) is 41.4 Å². The molecule has 0 bridgehead atoms. The van der Waals surface area contributed by atoms with E-state index in [4.69, 9.17) is 37.8 Å². The molecule has 3 aromatic rings. The van der Waals surface area contributed by atoms with Gasteiger partial charge in [-0.05, 0) is 83.1 Å². The molecule has 0 fully saturated rings. The van der Waals surface area contributed by atoms with Gasteiger partial charge in [-0.3, -0.25) is 0 Å². The van der Waals surface area contributed by atoms with Gasteiger partial charge < -0.3 is 14.6 Å². The van der Waals surface area contributed by atoms with Crippen LogP contribution in [0.1, 0.15) is 34.0 Å². The Morgan fingerprint density at radius 1 is 1.09 bits per heavy atom. The maximum Gasteiger partial charge on any atom is 0.335 e. The van der Waals surface area contributed by atoms with Gasteiger partial charge in [-0.2, -0.15) is 5.26 Å². The Morgan fingerprint density at radius 2 is 1.79 bits per heavy atom. The summed E-state index contributed by atoms with van der Waals surface area (Å²) in [5, 5.41) is 19.8. The summed E-state index contributed by atoms with van der Waals surface area (Å²) in [7, 11) is 0. The third-order valence-corrected chi connectivity index (χ3v) is 5.98. The molecule has 0 saturated heterocycles. The van der Waals surface area contributed by atoms with Crippen LogP contribution in [-0.2, 0) is 6.61 Å². The lowest BCUT2D eigenvalue weighted by Gasteiger charge is -2.15. The van der Waals surface area contributed by atoms with E-state index in [2.05, 4.69) is 28.7 Å². The molecular formula is C25H18Cl2INO4. The highest BCUT2D eigenvalue weighted by Gasteiger charge is 2.14. The average molecular weight is 594 g/mol. The van der Waals surface area contributed by atoms with Crippen LogP contribution in [0.4, 0.5) is 0 Å². The second-order valence-electron chi connectivity index (χ2n) is 6.84. The van der Waals surface area contributed by atoms with Crippen LogP contribution in [0, 0.1) is 14.9 Å². The van der Waals surface area contributed by atoms with Crippen molar-refractivity contribution in [3.63, 3.8) is 0 Å². The fourth-order valence-corrected chi connectivity index (χ4v) is 4.25. The van der Waals surface area contributed by atoms with Gasteiger partial charge in [-0.15, -0.1) is 0 Å². The molecule has 0 aliphatic rings. The molecule has 3 aromatic carbocycles. The van der Waals surface area contributed by atoms with Crippen molar-refractivity contribution in [3.8, 4) is 17.6 Å². The number of carboxylic acid groups (broad SMARTS) is 1. The smallest absolute Gasteiger partial charge is 0.335 e. The highest BCUT2D eigenvalue weighted by atomic mass is 127. The zero-order valence-corrected chi connectivity index (χ0v) is 21.1. The van der Waals surface area contributed by atoms with Crippen LogP contribution in [-0.4, -0.2) is 17.7 Å². The third-order valence-electron chi connectivity index (χ3n) is 4.59. The SMILES string of the molecule is CCOc1cc(/C=C(/C#N)c2ccc(C(=O)O)cc2)cc(I)c1OCc1ccc(Cl)cc1Cl. The Labute approximate surface area is 215 Å². The van der Waals surface area contributed by atoms with Gasteiger partial charge in [0, 0.05) is 15.6 Å². The number of rotatable bonds is 8. The van der Waals surface area contributed by atoms with Gasteiger partial charge in [0.15, 0.2) is 11.5 Å². The molecule has 168 valence electrons. The molecule has 0 aliphatic carbocycles. The maximum absolute atomic E-state index is 11.1. The molecule has 5 nitrogen and oxygen atoms in total. The quantitative estimate of drug-likeness (QED) is 0.168. The van der Waals surface area contributed by atoms with Crippen molar-refractivity contribution in [3.05, 3.63) is 90.5 Å². The fraction of sp³-hybridized carbons (Fsp3) is 0.120. The molecule has 0 unspecified atom stereocenters. The number of carboxylic acids is 1. The first-order valence-electron chi connectivity index (χ1n) is 9.81. The summed E-state index contributed by atoms with van der Waals surface area (Å²) in [6.45, 7) is 2.55. The van der Waals surface area contributed by atoms with Crippen molar-refractivity contribution in [1.82, 2.24) is 0 Å². The van der Waals surface area contributed by atoms with Gasteiger partial charge in [0.05, 0.1) is 27.4 Å². The lowest BCUT2D eigenvalue weighted by molar-refractivity contribution is 0.0697. The lowest BCUT2D eigenvalue weighted by Crippen LogP contribution is -2.02. The summed E-state index contributed by atoms with van der Waals surface area (Å²) in [6, 6.07) is 17.2. The van der Waals surface area contributed by atoms with E-state index in [1.54, 1.807) is 36.4 Å². The Bertz CT molecular complexity index is 1250. The van der Waals surface area contributed by atoms with Crippen molar-refractivity contribution in [1.29, 1.82) is 5.26 Å². The van der Waals surface area contributed by atoms with Crippen molar-refractivity contribution in [2.45, 2.75) is 13.5 Å². The predicted molar refractivity (Wildman–Crippen MR) is 138 cm³/mol. The van der Waals surface area contributed by atoms with Crippen molar-refractivity contribution < 1.29 is 19.4 Å². The molecule has 0 radical (unpaired) electrons. The summed E-state index contributed by atoms with van der Waals surface area (Å²) in [4.78, 5) is 11.1. The first kappa shape index (κ1) is 24.9. The lowest BCUT2D eigenvalue weighted by atomic mass is 10.0. The number of benzene rings is 3. The van der Waals surface area contributed by atoms with Crippen LogP contribution in [0.2, 0.25) is 10.0 Å². The van der Waals surface area contributed by atoms with E-state index < -0.39 is 5.97 Å². The largest absolute Gasteiger partial charge is 0.490 e. The fourth-order valence-electron chi connectivity index (χ4n) is 3.00. The van der Waals surface area contributed by atoms with Gasteiger partial charge >= 0.3 is 5.97 Å². The average Bonchev–Trinajstić information content (AvgIpc) is 2.78. The van der Waals surface area contributed by atoms with Crippen LogP contribution in [0.25, 0.3) is 11.6 Å². The van der Waals surface area contributed by atoms with Gasteiger partial charge in [0.2, 0.25) is 0 Å². The Balaban J connectivity index is 1.91. The molecule has 1 N–H and O–H groups in total. The zero-order valence-electron chi connectivity index (χ0n) is 17.4. The molecule has 0 atom stereocenters. The van der Waals surface area contributed by atoms with E-state index in [0.717, 1.165) is 14.7 Å². The van der Waals surface area contributed by atoms with E-state index in [9.17, 15) is 10.1 Å². The molecule has 3 rings (SSSR count). The number of nitrogens with zero attached hydrogens (tertiary/aromatic N) is 1. The van der Waals surface area contributed by atoms with Crippen LogP contribution in [0.5, 0.6) is 11.5 Å². The molecule has 8 heteroatoms. The summed E-state index contributed by atoms with van der Waals surface area (Å²) in [5.41, 5.74) is 2.71. The third kappa shape index (κ3) is 6.41. The molecular weight excluding hydrogens is 576 g/mol. The molecule has 33 heavy (non-hydrogen) atoms. The van der Waals surface area contributed by atoms with E-state index >= 15 is 0 Å². The number of allylic oxidation sites excluding steroid dienone is 1. The zero-order chi connectivity index (χ0) is 24.0. The molecule has 0 amide bonds. The minimum Gasteiger partial charge on any atom is -0.490 e. The molecule has 0 saturated carbocycles. The van der Waals surface area contributed by atoms with Crippen LogP contribution >= 0.6 is 45.8 Å². The van der Waals surface area contributed by atoms with Gasteiger partial charge in [-0.25, -0.2) is 4.79 Å². The molecule has 0 heterocycles. The molecule has 0 spiro atoms. The number of ether oxygens (including phenoxy) is 2. The van der Waals surface area contributed by atoms with Crippen molar-refractivity contribution in [2.75, 3.05) is 6.61 Å². The number of carbonyl (C=O) groups is 1. The van der Waals surface area contributed by atoms with Crippen LogP contribution in [0.3, 0.4) is 0 Å². The highest BCUT2D eigenvalue weighted by molar-refractivity contribution is 14.1. The van der Waals surface area contributed by atoms with E-state index in [1.807, 2.05) is 19.1 Å². The summed E-state index contributed by atoms with van der Waals surface area (Å²) < 4.78 is 12.6.